The van der Waals surface area contributed by atoms with E-state index in [1.54, 1.807) is 18.2 Å². The lowest BCUT2D eigenvalue weighted by Crippen LogP contribution is -2.03. The molecule has 3 rings (SSSR count). The SMILES string of the molecule is N#Cc1cc(NC2CC2)nc2ccc(Cl)cc12. The Morgan fingerprint density at radius 2 is 2.18 bits per heavy atom. The Hall–Kier alpha value is -1.79. The van der Waals surface area contributed by atoms with Crippen LogP contribution in [-0.4, -0.2) is 11.0 Å². The number of pyridine rings is 1. The lowest BCUT2D eigenvalue weighted by atomic mass is 10.1. The Morgan fingerprint density at radius 1 is 1.35 bits per heavy atom. The molecule has 84 valence electrons. The second-order valence-corrected chi connectivity index (χ2v) is 4.68. The van der Waals surface area contributed by atoms with E-state index in [1.165, 1.54) is 12.8 Å². The molecule has 1 heterocycles. The molecule has 0 unspecified atom stereocenters. The quantitative estimate of drug-likeness (QED) is 0.880. The molecule has 0 bridgehead atoms. The maximum Gasteiger partial charge on any atom is 0.128 e. The van der Waals surface area contributed by atoms with Gasteiger partial charge in [-0.25, -0.2) is 4.98 Å². The van der Waals surface area contributed by atoms with Gasteiger partial charge >= 0.3 is 0 Å². The number of aromatic nitrogens is 1. The van der Waals surface area contributed by atoms with Gasteiger partial charge in [0.15, 0.2) is 0 Å². The summed E-state index contributed by atoms with van der Waals surface area (Å²) in [5, 5.41) is 13.9. The van der Waals surface area contributed by atoms with Crippen LogP contribution in [0.4, 0.5) is 5.82 Å². The van der Waals surface area contributed by atoms with Crippen molar-refractivity contribution in [3.05, 3.63) is 34.9 Å². The van der Waals surface area contributed by atoms with Gasteiger partial charge in [0.05, 0.1) is 17.1 Å². The molecule has 17 heavy (non-hydrogen) atoms. The number of nitrogens with zero attached hydrogens (tertiary/aromatic N) is 2. The third-order valence-electron chi connectivity index (χ3n) is 2.82. The van der Waals surface area contributed by atoms with Gasteiger partial charge in [-0.1, -0.05) is 11.6 Å². The van der Waals surface area contributed by atoms with E-state index in [1.807, 2.05) is 6.07 Å². The second-order valence-electron chi connectivity index (χ2n) is 4.25. The fourth-order valence-electron chi connectivity index (χ4n) is 1.80. The fourth-order valence-corrected chi connectivity index (χ4v) is 1.97. The van der Waals surface area contributed by atoms with E-state index in [9.17, 15) is 0 Å². The second kappa shape index (κ2) is 3.90. The maximum atomic E-state index is 9.15. The molecule has 1 fully saturated rings. The minimum absolute atomic E-state index is 0.527. The smallest absolute Gasteiger partial charge is 0.128 e. The van der Waals surface area contributed by atoms with Crippen LogP contribution in [0.15, 0.2) is 24.3 Å². The Kier molecular flexibility index (Phi) is 2.38. The van der Waals surface area contributed by atoms with Gasteiger partial charge in [-0.05, 0) is 37.1 Å². The molecule has 0 amide bonds. The highest BCUT2D eigenvalue weighted by atomic mass is 35.5. The molecule has 0 atom stereocenters. The van der Waals surface area contributed by atoms with Crippen LogP contribution in [0.1, 0.15) is 18.4 Å². The van der Waals surface area contributed by atoms with E-state index < -0.39 is 0 Å². The van der Waals surface area contributed by atoms with E-state index in [0.29, 0.717) is 16.6 Å². The van der Waals surface area contributed by atoms with Crippen LogP contribution in [0.5, 0.6) is 0 Å². The van der Waals surface area contributed by atoms with Gasteiger partial charge in [-0.3, -0.25) is 0 Å². The molecule has 0 spiro atoms. The Balaban J connectivity index is 2.15. The van der Waals surface area contributed by atoms with Gasteiger partial charge in [0.2, 0.25) is 0 Å². The molecular weight excluding hydrogens is 234 g/mol. The van der Waals surface area contributed by atoms with Gasteiger partial charge in [-0.15, -0.1) is 0 Å². The van der Waals surface area contributed by atoms with Gasteiger partial charge in [0.25, 0.3) is 0 Å². The summed E-state index contributed by atoms with van der Waals surface area (Å²) in [6.07, 6.45) is 2.37. The van der Waals surface area contributed by atoms with Crippen molar-refractivity contribution >= 4 is 28.3 Å². The lowest BCUT2D eigenvalue weighted by Gasteiger charge is -2.07. The largest absolute Gasteiger partial charge is 0.367 e. The molecule has 0 aliphatic heterocycles. The summed E-state index contributed by atoms with van der Waals surface area (Å²) in [7, 11) is 0. The average molecular weight is 244 g/mol. The van der Waals surface area contributed by atoms with E-state index in [2.05, 4.69) is 16.4 Å². The lowest BCUT2D eigenvalue weighted by molar-refractivity contribution is 1.12. The number of halogens is 1. The minimum atomic E-state index is 0.527. The van der Waals surface area contributed by atoms with Crippen molar-refractivity contribution in [3.8, 4) is 6.07 Å². The Morgan fingerprint density at radius 3 is 2.88 bits per heavy atom. The first-order valence-electron chi connectivity index (χ1n) is 5.53. The zero-order chi connectivity index (χ0) is 11.8. The van der Waals surface area contributed by atoms with Crippen LogP contribution in [0, 0.1) is 11.3 Å². The van der Waals surface area contributed by atoms with Crippen LogP contribution in [0.2, 0.25) is 5.02 Å². The van der Waals surface area contributed by atoms with E-state index in [4.69, 9.17) is 16.9 Å². The first-order chi connectivity index (χ1) is 8.26. The first kappa shape index (κ1) is 10.4. The van der Waals surface area contributed by atoms with Gasteiger partial charge < -0.3 is 5.32 Å². The zero-order valence-corrected chi connectivity index (χ0v) is 9.83. The normalized spacial score (nSPS) is 14.6. The third kappa shape index (κ3) is 2.04. The molecule has 1 aromatic heterocycles. The number of nitriles is 1. The van der Waals surface area contributed by atoms with Crippen LogP contribution >= 0.6 is 11.6 Å². The standard InChI is InChI=1S/C13H10ClN3/c14-9-1-4-12-11(6-9)8(7-15)5-13(17-12)16-10-2-3-10/h1,4-6,10H,2-3H2,(H,16,17). The molecule has 4 heteroatoms. The zero-order valence-electron chi connectivity index (χ0n) is 9.07. The molecule has 0 saturated heterocycles. The van der Waals surface area contributed by atoms with Crippen LogP contribution in [0.3, 0.4) is 0 Å². The van der Waals surface area contributed by atoms with Crippen molar-refractivity contribution in [2.75, 3.05) is 5.32 Å². The Bertz CT molecular complexity index is 626. The average Bonchev–Trinajstić information content (AvgIpc) is 3.12. The van der Waals surface area contributed by atoms with E-state index in [0.717, 1.165) is 16.7 Å². The summed E-state index contributed by atoms with van der Waals surface area (Å²) >= 11 is 5.93. The van der Waals surface area contributed by atoms with Crippen LogP contribution < -0.4 is 5.32 Å². The van der Waals surface area contributed by atoms with Crippen LogP contribution in [-0.2, 0) is 0 Å². The van der Waals surface area contributed by atoms with Crippen molar-refractivity contribution in [2.24, 2.45) is 0 Å². The summed E-state index contributed by atoms with van der Waals surface area (Å²) in [5.74, 6) is 0.777. The maximum absolute atomic E-state index is 9.15. The van der Waals surface area contributed by atoms with Crippen molar-refractivity contribution in [1.82, 2.24) is 4.98 Å². The fraction of sp³-hybridized carbons (Fsp3) is 0.231. The number of fused-ring (bicyclic) bond motifs is 1. The van der Waals surface area contributed by atoms with Crippen LogP contribution in [0.25, 0.3) is 10.9 Å². The predicted octanol–water partition coefficient (Wildman–Crippen LogP) is 3.33. The molecule has 1 aliphatic rings. The summed E-state index contributed by atoms with van der Waals surface area (Å²) in [4.78, 5) is 4.48. The summed E-state index contributed by atoms with van der Waals surface area (Å²) in [6, 6.07) is 9.92. The number of anilines is 1. The van der Waals surface area contributed by atoms with E-state index in [-0.39, 0.29) is 0 Å². The molecule has 0 radical (unpaired) electrons. The van der Waals surface area contributed by atoms with Crippen molar-refractivity contribution < 1.29 is 0 Å². The highest BCUT2D eigenvalue weighted by Crippen LogP contribution is 2.27. The molecule has 1 saturated carbocycles. The first-order valence-corrected chi connectivity index (χ1v) is 5.91. The third-order valence-corrected chi connectivity index (χ3v) is 3.06. The number of hydrogen-bond acceptors (Lipinski definition) is 3. The molecule has 1 aromatic carbocycles. The molecule has 3 nitrogen and oxygen atoms in total. The molecule has 1 N–H and O–H groups in total. The summed E-state index contributed by atoms with van der Waals surface area (Å²) in [6.45, 7) is 0. The predicted molar refractivity (Wildman–Crippen MR) is 68.1 cm³/mol. The van der Waals surface area contributed by atoms with Gasteiger partial charge in [-0.2, -0.15) is 5.26 Å². The minimum Gasteiger partial charge on any atom is -0.367 e. The van der Waals surface area contributed by atoms with Crippen molar-refractivity contribution in [2.45, 2.75) is 18.9 Å². The number of rotatable bonds is 2. The summed E-state index contributed by atoms with van der Waals surface area (Å²) < 4.78 is 0. The van der Waals surface area contributed by atoms with Crippen molar-refractivity contribution in [1.29, 1.82) is 5.26 Å². The topological polar surface area (TPSA) is 48.7 Å². The highest BCUT2D eigenvalue weighted by molar-refractivity contribution is 6.31. The number of hydrogen-bond donors (Lipinski definition) is 1. The van der Waals surface area contributed by atoms with E-state index >= 15 is 0 Å². The number of benzene rings is 1. The molecular formula is C13H10ClN3. The van der Waals surface area contributed by atoms with Gasteiger partial charge in [0, 0.05) is 16.5 Å². The molecule has 2 aromatic rings. The van der Waals surface area contributed by atoms with Crippen molar-refractivity contribution in [3.63, 3.8) is 0 Å². The summed E-state index contributed by atoms with van der Waals surface area (Å²) in [5.41, 5.74) is 1.41. The number of nitrogens with one attached hydrogen (secondary N) is 1. The molecule has 1 aliphatic carbocycles. The monoisotopic (exact) mass is 243 g/mol. The Labute approximate surface area is 104 Å². The van der Waals surface area contributed by atoms with Gasteiger partial charge in [0.1, 0.15) is 5.82 Å². The highest BCUT2D eigenvalue weighted by Gasteiger charge is 2.21.